The van der Waals surface area contributed by atoms with Crippen LogP contribution in [0.25, 0.3) is 0 Å². The Bertz CT molecular complexity index is 1570. The predicted molar refractivity (Wildman–Crippen MR) is 259 cm³/mol. The Kier molecular flexibility index (Phi) is 34.2. The van der Waals surface area contributed by atoms with Crippen LogP contribution in [0.1, 0.15) is 171 Å². The standard InChI is InChI=1S/C52H88NO10P/c1-8-10-12-13-14-15-16-17-18-21-24-27-31-35-47(54)36-34-40-52(56)62-48(44-61-64(57,58)60-42-41-53(5,6)7)43-59-51(55)39-33-29-26-23-20-19-22-25-28-32-38-50-46(4)45(3)49(63-50)37-30-11-9-2/h10,12,14-15,17-18,24,27,31,35,47-48,54H,8-9,11,13,16,19-23,25-26,28-30,32-34,36-44H2,1-7H3/b12-10-,15-14-,18-17-,27-24-,35-31+/t47?,48-/m1/s1. The van der Waals surface area contributed by atoms with Crippen LogP contribution in [0.5, 0.6) is 0 Å². The summed E-state index contributed by atoms with van der Waals surface area (Å²) in [7, 11) is 1.02. The molecule has 0 aliphatic heterocycles. The minimum absolute atomic E-state index is 0.0143. The number of likely N-dealkylation sites (N-methyl/N-ethyl adjacent to an activating group) is 1. The van der Waals surface area contributed by atoms with Gasteiger partial charge in [0.1, 0.15) is 31.3 Å². The highest BCUT2D eigenvalue weighted by molar-refractivity contribution is 7.45. The maximum atomic E-state index is 12.7. The van der Waals surface area contributed by atoms with Crippen LogP contribution in [0, 0.1) is 13.8 Å². The predicted octanol–water partition coefficient (Wildman–Crippen LogP) is 12.0. The van der Waals surface area contributed by atoms with Crippen LogP contribution in [-0.2, 0) is 45.5 Å². The van der Waals surface area contributed by atoms with Gasteiger partial charge in [0.05, 0.1) is 33.9 Å². The highest BCUT2D eigenvalue weighted by atomic mass is 31.2. The Morgan fingerprint density at radius 2 is 1.22 bits per heavy atom. The van der Waals surface area contributed by atoms with E-state index < -0.39 is 38.6 Å². The van der Waals surface area contributed by atoms with Gasteiger partial charge in [-0.1, -0.05) is 139 Å². The van der Waals surface area contributed by atoms with Crippen LogP contribution in [0.15, 0.2) is 65.2 Å². The van der Waals surface area contributed by atoms with E-state index in [0.29, 0.717) is 30.3 Å². The second-order valence-electron chi connectivity index (χ2n) is 17.9. The zero-order chi connectivity index (χ0) is 47.3. The number of furan rings is 1. The number of hydrogen-bond donors (Lipinski definition) is 1. The number of allylic oxidation sites excluding steroid dienone is 9. The number of unbranched alkanes of at least 4 members (excludes halogenated alkanes) is 11. The number of phosphoric ester groups is 1. The summed E-state index contributed by atoms with van der Waals surface area (Å²) < 4.78 is 40.1. The van der Waals surface area contributed by atoms with E-state index in [1.54, 1.807) is 12.2 Å². The third-order valence-electron chi connectivity index (χ3n) is 10.9. The van der Waals surface area contributed by atoms with Crippen molar-refractivity contribution in [1.29, 1.82) is 0 Å². The lowest BCUT2D eigenvalue weighted by atomic mass is 10.0. The van der Waals surface area contributed by atoms with Crippen molar-refractivity contribution in [2.75, 3.05) is 47.5 Å². The first kappa shape index (κ1) is 59.0. The highest BCUT2D eigenvalue weighted by Gasteiger charge is 2.22. The quantitative estimate of drug-likeness (QED) is 0.0169. The number of carbonyl (C=O) groups excluding carboxylic acids is 2. The number of aryl methyl sites for hydroxylation is 2. The monoisotopic (exact) mass is 918 g/mol. The van der Waals surface area contributed by atoms with E-state index in [9.17, 15) is 24.2 Å². The van der Waals surface area contributed by atoms with Gasteiger partial charge in [-0.2, -0.15) is 0 Å². The van der Waals surface area contributed by atoms with E-state index >= 15 is 0 Å². The van der Waals surface area contributed by atoms with Crippen molar-refractivity contribution < 1.29 is 51.6 Å². The fraction of sp³-hybridized carbons (Fsp3) is 0.692. The van der Waals surface area contributed by atoms with E-state index in [2.05, 4.69) is 64.2 Å². The van der Waals surface area contributed by atoms with Crippen molar-refractivity contribution in [1.82, 2.24) is 0 Å². The van der Waals surface area contributed by atoms with Gasteiger partial charge < -0.3 is 37.4 Å². The molecule has 0 saturated carbocycles. The van der Waals surface area contributed by atoms with Crippen molar-refractivity contribution in [2.45, 2.75) is 188 Å². The van der Waals surface area contributed by atoms with E-state index in [0.717, 1.165) is 64.2 Å². The molecule has 0 amide bonds. The summed E-state index contributed by atoms with van der Waals surface area (Å²) in [4.78, 5) is 37.8. The van der Waals surface area contributed by atoms with Crippen LogP contribution in [0.3, 0.4) is 0 Å². The van der Waals surface area contributed by atoms with Crippen molar-refractivity contribution in [3.8, 4) is 0 Å². The summed E-state index contributed by atoms with van der Waals surface area (Å²) in [6, 6.07) is 0. The fourth-order valence-corrected chi connectivity index (χ4v) is 7.47. The summed E-state index contributed by atoms with van der Waals surface area (Å²) in [5, 5.41) is 10.3. The molecule has 0 radical (unpaired) electrons. The summed E-state index contributed by atoms with van der Waals surface area (Å²) in [6.07, 6.45) is 39.6. The third kappa shape index (κ3) is 33.4. The lowest BCUT2D eigenvalue weighted by molar-refractivity contribution is -0.870. The van der Waals surface area contributed by atoms with Gasteiger partial charge in [-0.25, -0.2) is 0 Å². The van der Waals surface area contributed by atoms with Crippen LogP contribution < -0.4 is 4.89 Å². The van der Waals surface area contributed by atoms with E-state index in [1.807, 2.05) is 33.3 Å². The van der Waals surface area contributed by atoms with Gasteiger partial charge in [0.15, 0.2) is 6.10 Å². The fourth-order valence-electron chi connectivity index (χ4n) is 6.74. The summed E-state index contributed by atoms with van der Waals surface area (Å²) >= 11 is 0. The molecule has 1 aromatic rings. The molecule has 1 aromatic heterocycles. The average Bonchev–Trinajstić information content (AvgIpc) is 3.51. The molecule has 0 saturated heterocycles. The lowest BCUT2D eigenvalue weighted by Gasteiger charge is -2.28. The Morgan fingerprint density at radius 1 is 0.688 bits per heavy atom. The Labute approximate surface area is 388 Å². The lowest BCUT2D eigenvalue weighted by Crippen LogP contribution is -2.37. The van der Waals surface area contributed by atoms with E-state index in [-0.39, 0.29) is 26.1 Å². The molecular weight excluding hydrogens is 830 g/mol. The summed E-state index contributed by atoms with van der Waals surface area (Å²) in [6.45, 7) is 8.21. The first-order chi connectivity index (χ1) is 30.7. The third-order valence-corrected chi connectivity index (χ3v) is 11.8. The Hall–Kier alpha value is -3.05. The zero-order valence-electron chi connectivity index (χ0n) is 41.0. The number of ether oxygens (including phenoxy) is 2. The van der Waals surface area contributed by atoms with Crippen molar-refractivity contribution >= 4 is 19.8 Å². The van der Waals surface area contributed by atoms with Gasteiger partial charge in [0, 0.05) is 25.7 Å². The van der Waals surface area contributed by atoms with Crippen LogP contribution in [-0.4, -0.2) is 81.2 Å². The second-order valence-corrected chi connectivity index (χ2v) is 19.3. The van der Waals surface area contributed by atoms with Gasteiger partial charge >= 0.3 is 11.9 Å². The number of rotatable bonds is 40. The van der Waals surface area contributed by atoms with Crippen LogP contribution >= 0.6 is 7.82 Å². The zero-order valence-corrected chi connectivity index (χ0v) is 41.9. The topological polar surface area (TPSA) is 145 Å². The average molecular weight is 918 g/mol. The number of aliphatic hydroxyl groups is 1. The number of quaternary nitrogens is 1. The van der Waals surface area contributed by atoms with Gasteiger partial charge in [-0.05, 0) is 82.8 Å². The Balaban J connectivity index is 2.38. The number of hydrogen-bond acceptors (Lipinski definition) is 10. The number of esters is 2. The number of nitrogens with zero attached hydrogens (tertiary/aromatic N) is 1. The SMILES string of the molecule is CC/C=C\C/C=C\C/C=C\C/C=C\C=C\C(O)CCCC(=O)O[C@H](COC(=O)CCCCCCCCCCCCc1oc(CCCCC)c(C)c1C)COP(=O)([O-])OCC[N+](C)(C)C. The number of carbonyl (C=O) groups is 2. The second kappa shape index (κ2) is 37.1. The van der Waals surface area contributed by atoms with Gasteiger partial charge in [0.25, 0.3) is 7.82 Å². The van der Waals surface area contributed by atoms with Crippen molar-refractivity contribution in [2.24, 2.45) is 0 Å². The minimum Gasteiger partial charge on any atom is -0.756 e. The largest absolute Gasteiger partial charge is 0.756 e. The molecule has 366 valence electrons. The molecule has 1 N–H and O–H groups in total. The molecule has 2 unspecified atom stereocenters. The maximum absolute atomic E-state index is 12.7. The minimum atomic E-state index is -4.70. The van der Waals surface area contributed by atoms with E-state index in [1.165, 1.54) is 74.0 Å². The molecule has 64 heavy (non-hydrogen) atoms. The molecule has 0 aromatic carbocycles. The number of aliphatic hydroxyl groups excluding tert-OH is 1. The molecule has 0 aliphatic carbocycles. The molecule has 1 rings (SSSR count). The first-order valence-corrected chi connectivity index (χ1v) is 25.9. The summed E-state index contributed by atoms with van der Waals surface area (Å²) in [5.74, 6) is 1.30. The molecule has 0 aliphatic rings. The number of phosphoric acid groups is 1. The van der Waals surface area contributed by atoms with Crippen molar-refractivity contribution in [3.05, 3.63) is 83.4 Å². The molecule has 1 heterocycles. The van der Waals surface area contributed by atoms with Gasteiger partial charge in [-0.15, -0.1) is 0 Å². The molecular formula is C52H88NO10P. The summed E-state index contributed by atoms with van der Waals surface area (Å²) in [5.41, 5.74) is 2.68. The molecule has 0 bridgehead atoms. The highest BCUT2D eigenvalue weighted by Crippen LogP contribution is 2.38. The molecule has 3 atom stereocenters. The Morgan fingerprint density at radius 3 is 1.80 bits per heavy atom. The molecule has 12 heteroatoms. The van der Waals surface area contributed by atoms with Crippen LogP contribution in [0.2, 0.25) is 0 Å². The van der Waals surface area contributed by atoms with Gasteiger partial charge in [-0.3, -0.25) is 14.2 Å². The van der Waals surface area contributed by atoms with Crippen LogP contribution in [0.4, 0.5) is 0 Å². The molecule has 0 spiro atoms. The molecule has 11 nitrogen and oxygen atoms in total. The van der Waals surface area contributed by atoms with Gasteiger partial charge in [0.2, 0.25) is 0 Å². The van der Waals surface area contributed by atoms with E-state index in [4.69, 9.17) is 22.9 Å². The smallest absolute Gasteiger partial charge is 0.306 e. The molecule has 0 fully saturated rings. The first-order valence-electron chi connectivity index (χ1n) is 24.5. The maximum Gasteiger partial charge on any atom is 0.306 e. The van der Waals surface area contributed by atoms with Crippen molar-refractivity contribution in [3.63, 3.8) is 0 Å². The normalized spacial score (nSPS) is 14.5.